The van der Waals surface area contributed by atoms with Crippen molar-refractivity contribution < 1.29 is 9.90 Å². The maximum Gasteiger partial charge on any atom is 0.313 e. The summed E-state index contributed by atoms with van der Waals surface area (Å²) in [5.74, 6) is 0.439. The van der Waals surface area contributed by atoms with Crippen LogP contribution in [0.1, 0.15) is 45.4 Å². The summed E-state index contributed by atoms with van der Waals surface area (Å²) >= 11 is 1.26. The van der Waals surface area contributed by atoms with E-state index in [0.29, 0.717) is 6.04 Å². The number of rotatable bonds is 7. The lowest BCUT2D eigenvalue weighted by Crippen LogP contribution is -2.33. The molecule has 2 heterocycles. The Labute approximate surface area is 129 Å². The van der Waals surface area contributed by atoms with E-state index < -0.39 is 5.97 Å². The van der Waals surface area contributed by atoms with E-state index in [2.05, 4.69) is 40.4 Å². The third-order valence-electron chi connectivity index (χ3n) is 3.89. The summed E-state index contributed by atoms with van der Waals surface area (Å²) in [5, 5.41) is 18.0. The summed E-state index contributed by atoms with van der Waals surface area (Å²) in [6.07, 6.45) is 2.42. The molecule has 1 aromatic rings. The monoisotopic (exact) mass is 312 g/mol. The molecular weight excluding hydrogens is 288 g/mol. The Morgan fingerprint density at radius 3 is 2.86 bits per heavy atom. The van der Waals surface area contributed by atoms with Crippen LogP contribution in [0.2, 0.25) is 0 Å². The molecule has 0 radical (unpaired) electrons. The number of carboxylic acid groups (broad SMARTS) is 1. The molecule has 0 spiro atoms. The Morgan fingerprint density at radius 1 is 1.48 bits per heavy atom. The molecule has 7 heteroatoms. The molecule has 21 heavy (non-hydrogen) atoms. The van der Waals surface area contributed by atoms with Gasteiger partial charge in [-0.15, -0.1) is 10.2 Å². The normalized spacial score (nSPS) is 19.5. The minimum atomic E-state index is -0.823. The molecule has 0 saturated carbocycles. The van der Waals surface area contributed by atoms with Gasteiger partial charge in [0.2, 0.25) is 0 Å². The maximum atomic E-state index is 10.8. The molecular formula is C14H24N4O2S. The molecule has 1 saturated heterocycles. The highest BCUT2D eigenvalue weighted by molar-refractivity contribution is 7.99. The van der Waals surface area contributed by atoms with Gasteiger partial charge in [-0.2, -0.15) is 0 Å². The predicted molar refractivity (Wildman–Crippen MR) is 82.7 cm³/mol. The molecule has 1 atom stereocenters. The molecule has 1 unspecified atom stereocenters. The average molecular weight is 312 g/mol. The predicted octanol–water partition coefficient (Wildman–Crippen LogP) is 2.06. The van der Waals surface area contributed by atoms with Gasteiger partial charge in [0.25, 0.3) is 0 Å². The summed E-state index contributed by atoms with van der Waals surface area (Å²) < 4.78 is 2.12. The number of aliphatic carboxylic acids is 1. The second-order valence-electron chi connectivity index (χ2n) is 5.71. The van der Waals surface area contributed by atoms with Crippen LogP contribution < -0.4 is 0 Å². The largest absolute Gasteiger partial charge is 0.481 e. The zero-order valence-corrected chi connectivity index (χ0v) is 13.8. The summed E-state index contributed by atoms with van der Waals surface area (Å²) in [6, 6.07) is 0.507. The third kappa shape index (κ3) is 3.97. The Bertz CT molecular complexity index is 489. The summed E-state index contributed by atoms with van der Waals surface area (Å²) in [7, 11) is 0. The maximum absolute atomic E-state index is 10.8. The van der Waals surface area contributed by atoms with Gasteiger partial charge in [0.1, 0.15) is 5.82 Å². The lowest BCUT2D eigenvalue weighted by Gasteiger charge is -2.24. The third-order valence-corrected chi connectivity index (χ3v) is 4.84. The average Bonchev–Trinajstić information content (AvgIpc) is 3.03. The number of thioether (sulfide) groups is 1. The van der Waals surface area contributed by atoms with E-state index >= 15 is 0 Å². The minimum absolute atomic E-state index is 0.0262. The van der Waals surface area contributed by atoms with Crippen LogP contribution in [-0.4, -0.2) is 55.6 Å². The van der Waals surface area contributed by atoms with Crippen LogP contribution in [0, 0.1) is 0 Å². The van der Waals surface area contributed by atoms with Crippen LogP contribution in [0.3, 0.4) is 0 Å². The van der Waals surface area contributed by atoms with Crippen molar-refractivity contribution in [2.24, 2.45) is 0 Å². The number of aromatic nitrogens is 3. The number of nitrogens with zero attached hydrogens (tertiary/aromatic N) is 4. The van der Waals surface area contributed by atoms with Crippen LogP contribution in [0.5, 0.6) is 0 Å². The standard InChI is InChI=1S/C14H24N4O2S/c1-4-17-7-5-6-11(17)8-18-13(10(2)3)15-16-14(18)21-9-12(19)20/h10-11H,4-9H2,1-3H3,(H,19,20). The highest BCUT2D eigenvalue weighted by atomic mass is 32.2. The van der Waals surface area contributed by atoms with Crippen molar-refractivity contribution in [1.29, 1.82) is 0 Å². The highest BCUT2D eigenvalue weighted by Gasteiger charge is 2.26. The van der Waals surface area contributed by atoms with E-state index in [1.165, 1.54) is 24.6 Å². The van der Waals surface area contributed by atoms with Crippen molar-refractivity contribution in [3.8, 4) is 0 Å². The summed E-state index contributed by atoms with van der Waals surface area (Å²) in [6.45, 7) is 9.44. The molecule has 1 aromatic heterocycles. The molecule has 1 fully saturated rings. The first-order valence-corrected chi connectivity index (χ1v) is 8.53. The Balaban J connectivity index is 2.17. The first-order valence-electron chi connectivity index (χ1n) is 7.54. The van der Waals surface area contributed by atoms with Gasteiger partial charge in [0.05, 0.1) is 5.75 Å². The molecule has 6 nitrogen and oxygen atoms in total. The Kier molecular flexibility index (Phi) is 5.64. The second kappa shape index (κ2) is 7.26. The van der Waals surface area contributed by atoms with Crippen LogP contribution in [0.15, 0.2) is 5.16 Å². The summed E-state index contributed by atoms with van der Waals surface area (Å²) in [4.78, 5) is 13.3. The fraction of sp³-hybridized carbons (Fsp3) is 0.786. The van der Waals surface area contributed by atoms with E-state index in [9.17, 15) is 4.79 Å². The molecule has 0 aromatic carbocycles. The number of likely N-dealkylation sites (N-methyl/N-ethyl adjacent to an activating group) is 1. The number of hydrogen-bond donors (Lipinski definition) is 1. The minimum Gasteiger partial charge on any atom is -0.481 e. The van der Waals surface area contributed by atoms with Crippen molar-refractivity contribution in [3.05, 3.63) is 5.82 Å². The van der Waals surface area contributed by atoms with E-state index in [4.69, 9.17) is 5.11 Å². The molecule has 0 amide bonds. The zero-order chi connectivity index (χ0) is 15.4. The molecule has 2 rings (SSSR count). The quantitative estimate of drug-likeness (QED) is 0.777. The number of likely N-dealkylation sites (tertiary alicyclic amines) is 1. The van der Waals surface area contributed by atoms with E-state index in [1.807, 2.05) is 0 Å². The van der Waals surface area contributed by atoms with Crippen molar-refractivity contribution in [3.63, 3.8) is 0 Å². The van der Waals surface area contributed by atoms with Crippen LogP contribution >= 0.6 is 11.8 Å². The zero-order valence-electron chi connectivity index (χ0n) is 12.9. The number of carboxylic acids is 1. The highest BCUT2D eigenvalue weighted by Crippen LogP contribution is 2.25. The SMILES string of the molecule is CCN1CCCC1Cn1c(SCC(=O)O)nnc1C(C)C. The molecule has 1 aliphatic heterocycles. The van der Waals surface area contributed by atoms with Crippen molar-refractivity contribution in [2.75, 3.05) is 18.8 Å². The second-order valence-corrected chi connectivity index (χ2v) is 6.66. The first kappa shape index (κ1) is 16.3. The van der Waals surface area contributed by atoms with Crippen molar-refractivity contribution >= 4 is 17.7 Å². The van der Waals surface area contributed by atoms with Gasteiger partial charge in [0.15, 0.2) is 5.16 Å². The van der Waals surface area contributed by atoms with Gasteiger partial charge in [-0.05, 0) is 25.9 Å². The van der Waals surface area contributed by atoms with Gasteiger partial charge in [0, 0.05) is 18.5 Å². The van der Waals surface area contributed by atoms with Crippen LogP contribution in [-0.2, 0) is 11.3 Å². The number of carbonyl (C=O) groups is 1. The first-order chi connectivity index (χ1) is 10.0. The van der Waals surface area contributed by atoms with E-state index in [1.54, 1.807) is 0 Å². The van der Waals surface area contributed by atoms with Gasteiger partial charge in [-0.25, -0.2) is 0 Å². The van der Waals surface area contributed by atoms with Gasteiger partial charge >= 0.3 is 5.97 Å². The number of hydrogen-bond acceptors (Lipinski definition) is 5. The van der Waals surface area contributed by atoms with Gasteiger partial charge in [-0.1, -0.05) is 32.5 Å². The molecule has 0 bridgehead atoms. The van der Waals surface area contributed by atoms with Gasteiger partial charge in [-0.3, -0.25) is 9.69 Å². The smallest absolute Gasteiger partial charge is 0.313 e. The lowest BCUT2D eigenvalue weighted by atomic mass is 10.2. The van der Waals surface area contributed by atoms with E-state index in [0.717, 1.165) is 30.6 Å². The van der Waals surface area contributed by atoms with Crippen LogP contribution in [0.4, 0.5) is 0 Å². The van der Waals surface area contributed by atoms with Gasteiger partial charge < -0.3 is 9.67 Å². The fourth-order valence-electron chi connectivity index (χ4n) is 2.86. The Morgan fingerprint density at radius 2 is 2.24 bits per heavy atom. The van der Waals surface area contributed by atoms with Crippen molar-refractivity contribution in [2.45, 2.75) is 57.3 Å². The van der Waals surface area contributed by atoms with E-state index in [-0.39, 0.29) is 11.7 Å². The summed E-state index contributed by atoms with van der Waals surface area (Å²) in [5.41, 5.74) is 0. The fourth-order valence-corrected chi connectivity index (χ4v) is 3.54. The Hall–Kier alpha value is -1.08. The molecule has 1 aliphatic rings. The van der Waals surface area contributed by atoms with Crippen LogP contribution in [0.25, 0.3) is 0 Å². The van der Waals surface area contributed by atoms with Crippen molar-refractivity contribution in [1.82, 2.24) is 19.7 Å². The lowest BCUT2D eigenvalue weighted by molar-refractivity contribution is -0.133. The molecule has 118 valence electrons. The topological polar surface area (TPSA) is 71.2 Å². The molecule has 0 aliphatic carbocycles. The molecule has 1 N–H and O–H groups in total.